The summed E-state index contributed by atoms with van der Waals surface area (Å²) >= 11 is 1.56. The highest BCUT2D eigenvalue weighted by Crippen LogP contribution is 2.38. The monoisotopic (exact) mass is 533 g/mol. The molecule has 1 aromatic carbocycles. The molecule has 1 aliphatic heterocycles. The second-order valence-corrected chi connectivity index (χ2v) is 12.3. The van der Waals surface area contributed by atoms with E-state index in [4.69, 9.17) is 4.74 Å². The Labute approximate surface area is 217 Å². The Morgan fingerprint density at radius 1 is 1.03 bits per heavy atom. The van der Waals surface area contributed by atoms with E-state index in [0.717, 1.165) is 61.9 Å². The van der Waals surface area contributed by atoms with Gasteiger partial charge in [0, 0.05) is 43.8 Å². The number of methoxy groups -OCH3 is 1. The minimum atomic E-state index is -3.53. The number of anilines is 1. The molecule has 10 heteroatoms. The van der Waals surface area contributed by atoms with Crippen LogP contribution in [0.4, 0.5) is 5.00 Å². The number of carbonyl (C=O) groups excluding carboxylic acids is 2. The summed E-state index contributed by atoms with van der Waals surface area (Å²) in [5.41, 5.74) is 2.19. The molecule has 1 saturated heterocycles. The molecule has 2 heterocycles. The summed E-state index contributed by atoms with van der Waals surface area (Å²) in [7, 11) is -1.90. The summed E-state index contributed by atoms with van der Waals surface area (Å²) in [5.74, 6) is -0.275. The van der Waals surface area contributed by atoms with E-state index in [1.54, 1.807) is 30.6 Å². The van der Waals surface area contributed by atoms with Gasteiger partial charge in [-0.05, 0) is 74.8 Å². The van der Waals surface area contributed by atoms with Gasteiger partial charge in [-0.25, -0.2) is 8.42 Å². The molecule has 2 aromatic rings. The molecule has 1 fully saturated rings. The first-order chi connectivity index (χ1) is 17.4. The number of thiophene rings is 1. The number of hydrogen-bond donors (Lipinski definition) is 2. The van der Waals surface area contributed by atoms with E-state index in [9.17, 15) is 18.0 Å². The van der Waals surface area contributed by atoms with Crippen molar-refractivity contribution in [2.24, 2.45) is 0 Å². The third-order valence-corrected chi connectivity index (χ3v) is 9.91. The van der Waals surface area contributed by atoms with Gasteiger partial charge in [-0.2, -0.15) is 4.31 Å². The van der Waals surface area contributed by atoms with E-state index in [1.165, 1.54) is 21.3 Å². The summed E-state index contributed by atoms with van der Waals surface area (Å²) in [5, 5.41) is 6.91. The molecule has 0 unspecified atom stereocenters. The van der Waals surface area contributed by atoms with Gasteiger partial charge in [0.1, 0.15) is 5.00 Å². The van der Waals surface area contributed by atoms with Crippen molar-refractivity contribution in [2.75, 3.05) is 45.2 Å². The number of rotatable bonds is 11. The first kappa shape index (κ1) is 26.8. The van der Waals surface area contributed by atoms with E-state index in [0.29, 0.717) is 37.4 Å². The second-order valence-electron chi connectivity index (χ2n) is 9.28. The number of benzene rings is 1. The molecule has 0 bridgehead atoms. The number of piperidine rings is 1. The Morgan fingerprint density at radius 2 is 1.75 bits per heavy atom. The van der Waals surface area contributed by atoms with Crippen molar-refractivity contribution in [3.8, 4) is 0 Å². The Kier molecular flexibility index (Phi) is 9.16. The Hall–Kier alpha value is -2.27. The smallest absolute Gasteiger partial charge is 0.254 e. The molecular formula is C26H35N3O5S2. The fourth-order valence-electron chi connectivity index (χ4n) is 4.77. The topological polar surface area (TPSA) is 105 Å². The molecular weight excluding hydrogens is 498 g/mol. The number of amides is 1. The predicted octanol–water partition coefficient (Wildman–Crippen LogP) is 3.86. The van der Waals surface area contributed by atoms with Crippen molar-refractivity contribution in [1.29, 1.82) is 0 Å². The second kappa shape index (κ2) is 12.3. The van der Waals surface area contributed by atoms with Gasteiger partial charge >= 0.3 is 0 Å². The molecule has 1 amide bonds. The van der Waals surface area contributed by atoms with Gasteiger partial charge < -0.3 is 15.4 Å². The summed E-state index contributed by atoms with van der Waals surface area (Å²) in [6.45, 7) is 2.23. The van der Waals surface area contributed by atoms with Crippen LogP contribution in [0.1, 0.15) is 69.7 Å². The van der Waals surface area contributed by atoms with Crippen LogP contribution in [-0.4, -0.2) is 64.3 Å². The fraction of sp³-hybridized carbons (Fsp3) is 0.538. The first-order valence-corrected chi connectivity index (χ1v) is 15.0. The Morgan fingerprint density at radius 3 is 2.47 bits per heavy atom. The summed E-state index contributed by atoms with van der Waals surface area (Å²) < 4.78 is 32.3. The van der Waals surface area contributed by atoms with Gasteiger partial charge in [0.25, 0.3) is 5.91 Å². The quantitative estimate of drug-likeness (QED) is 0.336. The third kappa shape index (κ3) is 6.16. The average molecular weight is 534 g/mol. The minimum absolute atomic E-state index is 0.0293. The van der Waals surface area contributed by atoms with Crippen LogP contribution in [0, 0.1) is 0 Å². The maximum atomic E-state index is 13.0. The number of sulfonamides is 1. The van der Waals surface area contributed by atoms with Crippen LogP contribution < -0.4 is 10.6 Å². The van der Waals surface area contributed by atoms with Gasteiger partial charge in [0.2, 0.25) is 10.0 Å². The summed E-state index contributed by atoms with van der Waals surface area (Å²) in [4.78, 5) is 27.4. The summed E-state index contributed by atoms with van der Waals surface area (Å²) in [6, 6.07) is 6.17. The van der Waals surface area contributed by atoms with Gasteiger partial charge in [-0.1, -0.05) is 6.42 Å². The number of nitrogens with zero attached hydrogens (tertiary/aromatic N) is 1. The van der Waals surface area contributed by atoms with E-state index < -0.39 is 10.0 Å². The van der Waals surface area contributed by atoms with Crippen LogP contribution in [0.5, 0.6) is 0 Å². The third-order valence-electron chi connectivity index (χ3n) is 6.75. The molecule has 1 aromatic heterocycles. The lowest BCUT2D eigenvalue weighted by Gasteiger charge is -2.25. The number of nitrogens with one attached hydrogen (secondary N) is 2. The fourth-order valence-corrected chi connectivity index (χ4v) is 7.57. The highest BCUT2D eigenvalue weighted by Gasteiger charge is 2.27. The first-order valence-electron chi connectivity index (χ1n) is 12.7. The van der Waals surface area contributed by atoms with Crippen molar-refractivity contribution in [2.45, 2.75) is 56.3 Å². The van der Waals surface area contributed by atoms with E-state index >= 15 is 0 Å². The largest absolute Gasteiger partial charge is 0.385 e. The van der Waals surface area contributed by atoms with Gasteiger partial charge in [0.15, 0.2) is 5.78 Å². The molecule has 4 rings (SSSR count). The number of aryl methyl sites for hydroxylation is 1. The molecule has 0 atom stereocenters. The molecule has 36 heavy (non-hydrogen) atoms. The summed E-state index contributed by atoms with van der Waals surface area (Å²) in [6.07, 6.45) is 7.52. The van der Waals surface area contributed by atoms with Crippen LogP contribution in [0.25, 0.3) is 0 Å². The zero-order chi connectivity index (χ0) is 25.5. The molecule has 0 spiro atoms. The van der Waals surface area contributed by atoms with Crippen LogP contribution >= 0.6 is 11.3 Å². The molecule has 1 aliphatic carbocycles. The molecule has 8 nitrogen and oxygen atoms in total. The maximum Gasteiger partial charge on any atom is 0.254 e. The minimum Gasteiger partial charge on any atom is -0.385 e. The van der Waals surface area contributed by atoms with Crippen molar-refractivity contribution in [1.82, 2.24) is 9.62 Å². The highest BCUT2D eigenvalue weighted by atomic mass is 32.2. The zero-order valence-electron chi connectivity index (χ0n) is 20.8. The van der Waals surface area contributed by atoms with E-state index in [-0.39, 0.29) is 23.1 Å². The van der Waals surface area contributed by atoms with Crippen LogP contribution in [-0.2, 0) is 27.6 Å². The van der Waals surface area contributed by atoms with Crippen molar-refractivity contribution >= 4 is 38.1 Å². The number of fused-ring (bicyclic) bond motifs is 1. The van der Waals surface area contributed by atoms with Gasteiger partial charge in [-0.3, -0.25) is 9.59 Å². The Bertz CT molecular complexity index is 1170. The lowest BCUT2D eigenvalue weighted by molar-refractivity contribution is 0.0946. The number of hydrogen-bond acceptors (Lipinski definition) is 7. The molecule has 0 radical (unpaired) electrons. The molecule has 0 saturated carbocycles. The number of carbonyl (C=O) groups is 2. The predicted molar refractivity (Wildman–Crippen MR) is 142 cm³/mol. The van der Waals surface area contributed by atoms with E-state index in [1.807, 2.05) is 0 Å². The van der Waals surface area contributed by atoms with E-state index in [2.05, 4.69) is 10.6 Å². The molecule has 2 aliphatic rings. The van der Waals surface area contributed by atoms with Gasteiger partial charge in [0.05, 0.1) is 17.0 Å². The van der Waals surface area contributed by atoms with Crippen LogP contribution in [0.3, 0.4) is 0 Å². The van der Waals surface area contributed by atoms with Gasteiger partial charge in [-0.15, -0.1) is 11.3 Å². The SMILES string of the molecule is COCCCNC(=O)c1c(NCC(=O)c2ccc(S(=O)(=O)N3CCCCC3)cc2)sc2c1CCCC2. The molecule has 196 valence electrons. The normalized spacial score (nSPS) is 16.4. The number of ether oxygens (including phenoxy) is 1. The van der Waals surface area contributed by atoms with Crippen molar-refractivity contribution in [3.63, 3.8) is 0 Å². The standard InChI is InChI=1S/C26H35N3O5S2/c1-34-17-7-14-27-25(31)24-21-8-3-4-9-23(21)35-26(24)28-18-22(30)19-10-12-20(13-11-19)36(32,33)29-15-5-2-6-16-29/h10-13,28H,2-9,14-18H2,1H3,(H,27,31). The average Bonchev–Trinajstić information content (AvgIpc) is 3.29. The van der Waals surface area contributed by atoms with Crippen LogP contribution in [0.15, 0.2) is 29.2 Å². The zero-order valence-corrected chi connectivity index (χ0v) is 22.4. The molecule has 2 N–H and O–H groups in total. The lowest BCUT2D eigenvalue weighted by Crippen LogP contribution is -2.35. The number of Topliss-reactive ketones (excluding diaryl/α,β-unsaturated/α-hetero) is 1. The van der Waals surface area contributed by atoms with Crippen molar-refractivity contribution < 1.29 is 22.7 Å². The highest BCUT2D eigenvalue weighted by molar-refractivity contribution is 7.89. The van der Waals surface area contributed by atoms with Crippen molar-refractivity contribution in [3.05, 3.63) is 45.8 Å². The maximum absolute atomic E-state index is 13.0. The number of ketones is 1. The Balaban J connectivity index is 1.43. The lowest BCUT2D eigenvalue weighted by atomic mass is 9.95. The van der Waals surface area contributed by atoms with Crippen LogP contribution in [0.2, 0.25) is 0 Å².